The molecule has 2 aliphatic heterocycles. The number of carbonyl (C=O) groups is 1. The van der Waals surface area contributed by atoms with E-state index in [-0.39, 0.29) is 41.9 Å². The fraction of sp³-hybridized carbons (Fsp3) is 0.357. The van der Waals surface area contributed by atoms with Gasteiger partial charge in [-0.3, -0.25) is 4.79 Å². The van der Waals surface area contributed by atoms with E-state index in [4.69, 9.17) is 0 Å². The molecule has 3 rings (SSSR count). The van der Waals surface area contributed by atoms with E-state index in [0.717, 1.165) is 9.87 Å². The van der Waals surface area contributed by atoms with Gasteiger partial charge in [0.05, 0.1) is 6.04 Å². The fourth-order valence-electron chi connectivity index (χ4n) is 3.04. The Morgan fingerprint density at radius 2 is 2.05 bits per heavy atom. The Kier molecular flexibility index (Phi) is 5.28. The minimum absolute atomic E-state index is 0. The molecule has 2 atom stereocenters. The van der Waals surface area contributed by atoms with Crippen molar-refractivity contribution in [2.24, 2.45) is 0 Å². The first-order valence-corrected chi connectivity index (χ1v) is 8.05. The van der Waals surface area contributed by atoms with E-state index in [0.29, 0.717) is 13.0 Å². The van der Waals surface area contributed by atoms with Crippen LogP contribution in [0.25, 0.3) is 6.08 Å². The van der Waals surface area contributed by atoms with E-state index in [9.17, 15) is 17.8 Å². The fourth-order valence-corrected chi connectivity index (χ4v) is 4.00. The van der Waals surface area contributed by atoms with E-state index in [1.54, 1.807) is 6.08 Å². The SMILES string of the molecule is O=C(/C=C/c1ccccc1)[C@]12CN(S(=O)(=O)[O-])[C@@H]1CCN2.[Na+]. The third-order valence-electron chi connectivity index (χ3n) is 4.13. The zero-order valence-electron chi connectivity index (χ0n) is 12.2. The van der Waals surface area contributed by atoms with Crippen molar-refractivity contribution in [2.75, 3.05) is 13.1 Å². The smallest absolute Gasteiger partial charge is 0.735 e. The molecule has 1 aromatic rings. The molecular weight excluding hydrogens is 315 g/mol. The number of hydrogen-bond acceptors (Lipinski definition) is 5. The average molecular weight is 330 g/mol. The van der Waals surface area contributed by atoms with Crippen molar-refractivity contribution >= 4 is 22.2 Å². The second-order valence-corrected chi connectivity index (χ2v) is 6.64. The van der Waals surface area contributed by atoms with E-state index < -0.39 is 21.9 Å². The maximum atomic E-state index is 12.4. The first-order chi connectivity index (χ1) is 9.93. The van der Waals surface area contributed by atoms with Gasteiger partial charge in [-0.2, -0.15) is 0 Å². The van der Waals surface area contributed by atoms with Gasteiger partial charge in [0.2, 0.25) is 0 Å². The third-order valence-corrected chi connectivity index (χ3v) is 5.09. The van der Waals surface area contributed by atoms with Crippen LogP contribution in [0.15, 0.2) is 36.4 Å². The predicted octanol–water partition coefficient (Wildman–Crippen LogP) is -2.85. The van der Waals surface area contributed by atoms with E-state index in [1.165, 1.54) is 6.08 Å². The van der Waals surface area contributed by atoms with Gasteiger partial charge in [-0.25, -0.2) is 12.7 Å². The molecule has 0 saturated carbocycles. The Balaban J connectivity index is 0.00000176. The zero-order chi connectivity index (χ0) is 15.1. The number of ketones is 1. The summed E-state index contributed by atoms with van der Waals surface area (Å²) < 4.78 is 34.2. The largest absolute Gasteiger partial charge is 1.00 e. The monoisotopic (exact) mass is 330 g/mol. The van der Waals surface area contributed by atoms with Crippen molar-refractivity contribution in [3.05, 3.63) is 42.0 Å². The molecule has 6 nitrogen and oxygen atoms in total. The summed E-state index contributed by atoms with van der Waals surface area (Å²) in [5.41, 5.74) is -0.0348. The van der Waals surface area contributed by atoms with Gasteiger partial charge in [0, 0.05) is 6.54 Å². The Labute approximate surface area is 151 Å². The molecule has 22 heavy (non-hydrogen) atoms. The third kappa shape index (κ3) is 3.07. The number of nitrogens with zero attached hydrogens (tertiary/aromatic N) is 1. The van der Waals surface area contributed by atoms with Gasteiger partial charge in [-0.15, -0.1) is 0 Å². The topological polar surface area (TPSA) is 89.5 Å². The molecule has 0 aliphatic carbocycles. The van der Waals surface area contributed by atoms with Crippen LogP contribution in [0.2, 0.25) is 0 Å². The van der Waals surface area contributed by atoms with Crippen LogP contribution in [0.5, 0.6) is 0 Å². The second kappa shape index (κ2) is 6.52. The van der Waals surface area contributed by atoms with Crippen molar-refractivity contribution in [2.45, 2.75) is 18.0 Å². The quantitative estimate of drug-likeness (QED) is 0.365. The zero-order valence-corrected chi connectivity index (χ0v) is 15.0. The molecule has 0 radical (unpaired) electrons. The van der Waals surface area contributed by atoms with E-state index in [1.807, 2.05) is 30.3 Å². The van der Waals surface area contributed by atoms with Gasteiger partial charge in [-0.05, 0) is 24.6 Å². The molecule has 112 valence electrons. The number of hydrogen-bond donors (Lipinski definition) is 1. The Hall–Kier alpha value is -0.540. The summed E-state index contributed by atoms with van der Waals surface area (Å²) in [4.78, 5) is 12.4. The molecule has 0 spiro atoms. The molecule has 2 heterocycles. The maximum absolute atomic E-state index is 12.4. The van der Waals surface area contributed by atoms with Gasteiger partial charge in [0.15, 0.2) is 16.1 Å². The summed E-state index contributed by atoms with van der Waals surface area (Å²) in [7, 11) is -4.49. The minimum Gasteiger partial charge on any atom is -0.735 e. The molecule has 0 bridgehead atoms. The molecule has 2 aliphatic rings. The molecule has 0 amide bonds. The van der Waals surface area contributed by atoms with E-state index in [2.05, 4.69) is 5.32 Å². The summed E-state index contributed by atoms with van der Waals surface area (Å²) in [5.74, 6) is -0.186. The van der Waals surface area contributed by atoms with Gasteiger partial charge < -0.3 is 9.87 Å². The van der Waals surface area contributed by atoms with Crippen LogP contribution in [-0.4, -0.2) is 47.7 Å². The average Bonchev–Trinajstić information content (AvgIpc) is 2.73. The summed E-state index contributed by atoms with van der Waals surface area (Å²) in [6.45, 7) is 0.447. The Bertz CT molecular complexity index is 692. The van der Waals surface area contributed by atoms with Crippen LogP contribution >= 0.6 is 0 Å². The van der Waals surface area contributed by atoms with Crippen molar-refractivity contribution in [1.82, 2.24) is 9.62 Å². The van der Waals surface area contributed by atoms with E-state index >= 15 is 0 Å². The summed E-state index contributed by atoms with van der Waals surface area (Å²) >= 11 is 0. The predicted molar refractivity (Wildman–Crippen MR) is 76.0 cm³/mol. The molecule has 0 unspecified atom stereocenters. The van der Waals surface area contributed by atoms with Crippen LogP contribution in [0.4, 0.5) is 0 Å². The minimum atomic E-state index is -4.49. The number of nitrogens with one attached hydrogen (secondary N) is 1. The standard InChI is InChI=1S/C14H16N2O4S.Na/c17-13(7-6-11-4-2-1-3-5-11)14-10-16(21(18,19)20)12(14)8-9-15-14;/h1-7,12,15H,8-10H2,(H,18,19,20);/q;+1/p-1/b7-6+;/t12-,14+;/m1./s1. The van der Waals surface area contributed by atoms with Crippen LogP contribution in [0, 0.1) is 0 Å². The first-order valence-electron chi connectivity index (χ1n) is 6.69. The molecule has 0 aromatic heterocycles. The summed E-state index contributed by atoms with van der Waals surface area (Å²) in [6, 6.07) is 8.80. The van der Waals surface area contributed by atoms with Gasteiger partial charge in [-0.1, -0.05) is 36.4 Å². The summed E-state index contributed by atoms with van der Waals surface area (Å²) in [5, 5.41) is 3.06. The Morgan fingerprint density at radius 3 is 2.68 bits per heavy atom. The molecule has 2 fully saturated rings. The van der Waals surface area contributed by atoms with Crippen molar-refractivity contribution in [3.8, 4) is 0 Å². The molecule has 2 saturated heterocycles. The molecule has 1 N–H and O–H groups in total. The van der Waals surface area contributed by atoms with Crippen LogP contribution < -0.4 is 34.9 Å². The molecular formula is C14H15N2NaO4S. The maximum Gasteiger partial charge on any atom is 1.00 e. The van der Waals surface area contributed by atoms with Gasteiger partial charge in [0.25, 0.3) is 0 Å². The molecule has 1 aromatic carbocycles. The first kappa shape index (κ1) is 17.8. The van der Waals surface area contributed by atoms with Crippen LogP contribution in [-0.2, 0) is 15.1 Å². The van der Waals surface area contributed by atoms with Crippen molar-refractivity contribution < 1.29 is 47.3 Å². The van der Waals surface area contributed by atoms with Gasteiger partial charge in [0.1, 0.15) is 5.54 Å². The van der Waals surface area contributed by atoms with Gasteiger partial charge >= 0.3 is 29.6 Å². The van der Waals surface area contributed by atoms with Crippen molar-refractivity contribution in [3.63, 3.8) is 0 Å². The van der Waals surface area contributed by atoms with Crippen molar-refractivity contribution in [1.29, 1.82) is 0 Å². The molecule has 8 heteroatoms. The number of rotatable bonds is 4. The number of benzene rings is 1. The van der Waals surface area contributed by atoms with Crippen LogP contribution in [0.3, 0.4) is 0 Å². The summed E-state index contributed by atoms with van der Waals surface area (Å²) in [6.07, 6.45) is 3.63. The second-order valence-electron chi connectivity index (χ2n) is 5.31. The number of fused-ring (bicyclic) bond motifs is 1. The Morgan fingerprint density at radius 1 is 1.36 bits per heavy atom. The number of carbonyl (C=O) groups excluding carboxylic acids is 1. The van der Waals surface area contributed by atoms with Crippen LogP contribution in [0.1, 0.15) is 12.0 Å². The normalized spacial score (nSPS) is 28.0.